The van der Waals surface area contributed by atoms with E-state index >= 15 is 0 Å². The van der Waals surface area contributed by atoms with Gasteiger partial charge >= 0.3 is 0 Å². The molecule has 0 radical (unpaired) electrons. The number of hydrogen-bond donors (Lipinski definition) is 2. The van der Waals surface area contributed by atoms with Gasteiger partial charge in [-0.3, -0.25) is 4.79 Å². The Bertz CT molecular complexity index is 410. The molecule has 1 rings (SSSR count). The zero-order valence-electron chi connectivity index (χ0n) is 12.4. The molecule has 0 bridgehead atoms. The van der Waals surface area contributed by atoms with E-state index in [1.165, 1.54) is 0 Å². The van der Waals surface area contributed by atoms with Crippen molar-refractivity contribution in [3.8, 4) is 0 Å². The smallest absolute Gasteiger partial charge is 0.224 e. The summed E-state index contributed by atoms with van der Waals surface area (Å²) in [5, 5.41) is 2.99. The largest absolute Gasteiger partial charge is 0.399 e. The Morgan fingerprint density at radius 3 is 2.37 bits per heavy atom. The number of benzene rings is 1. The van der Waals surface area contributed by atoms with Crippen molar-refractivity contribution >= 4 is 11.6 Å². The van der Waals surface area contributed by atoms with Crippen LogP contribution in [0.3, 0.4) is 0 Å². The molecule has 3 N–H and O–H groups in total. The van der Waals surface area contributed by atoms with Crippen molar-refractivity contribution < 1.29 is 4.79 Å². The van der Waals surface area contributed by atoms with Crippen molar-refractivity contribution in [2.75, 3.05) is 32.9 Å². The lowest BCUT2D eigenvalue weighted by atomic mass is 9.93. The van der Waals surface area contributed by atoms with Crippen LogP contribution in [0.15, 0.2) is 24.3 Å². The molecule has 1 amide bonds. The van der Waals surface area contributed by atoms with Crippen LogP contribution in [0, 0.1) is 5.41 Å². The molecule has 1 aromatic carbocycles. The molecule has 0 heterocycles. The van der Waals surface area contributed by atoms with Crippen LogP contribution in [0.25, 0.3) is 0 Å². The molecule has 0 saturated heterocycles. The van der Waals surface area contributed by atoms with Crippen LogP contribution in [0.5, 0.6) is 0 Å². The van der Waals surface area contributed by atoms with Gasteiger partial charge in [-0.2, -0.15) is 0 Å². The molecule has 4 nitrogen and oxygen atoms in total. The van der Waals surface area contributed by atoms with Crippen LogP contribution in [-0.2, 0) is 11.2 Å². The molecule has 0 aliphatic carbocycles. The first kappa shape index (κ1) is 15.5. The maximum Gasteiger partial charge on any atom is 0.224 e. The van der Waals surface area contributed by atoms with Crippen molar-refractivity contribution in [3.63, 3.8) is 0 Å². The second-order valence-electron chi connectivity index (χ2n) is 6.10. The normalized spacial score (nSPS) is 11.6. The van der Waals surface area contributed by atoms with Crippen LogP contribution in [0.2, 0.25) is 0 Å². The van der Waals surface area contributed by atoms with Gasteiger partial charge in [-0.05, 0) is 37.2 Å². The fourth-order valence-electron chi connectivity index (χ4n) is 2.13. The number of amides is 1. The first-order valence-corrected chi connectivity index (χ1v) is 6.54. The molecule has 0 aromatic heterocycles. The van der Waals surface area contributed by atoms with Gasteiger partial charge in [0.25, 0.3) is 0 Å². The minimum atomic E-state index is 0.0524. The summed E-state index contributed by atoms with van der Waals surface area (Å²) in [6, 6.07) is 7.41. The van der Waals surface area contributed by atoms with Gasteiger partial charge in [-0.15, -0.1) is 0 Å². The van der Waals surface area contributed by atoms with Crippen molar-refractivity contribution in [1.29, 1.82) is 0 Å². The fraction of sp³-hybridized carbons (Fsp3) is 0.533. The first-order chi connectivity index (χ1) is 8.78. The van der Waals surface area contributed by atoms with Gasteiger partial charge in [0.2, 0.25) is 5.91 Å². The second kappa shape index (κ2) is 6.57. The number of carbonyl (C=O) groups excluding carboxylic acids is 1. The summed E-state index contributed by atoms with van der Waals surface area (Å²) in [5.74, 6) is 0.0524. The minimum absolute atomic E-state index is 0.0524. The third-order valence-corrected chi connectivity index (χ3v) is 2.85. The Labute approximate surface area is 116 Å². The van der Waals surface area contributed by atoms with E-state index in [4.69, 9.17) is 5.73 Å². The Morgan fingerprint density at radius 1 is 1.26 bits per heavy atom. The monoisotopic (exact) mass is 263 g/mol. The Morgan fingerprint density at radius 2 is 1.84 bits per heavy atom. The molecule has 0 atom stereocenters. The highest BCUT2D eigenvalue weighted by molar-refractivity contribution is 5.78. The van der Waals surface area contributed by atoms with Gasteiger partial charge in [0.1, 0.15) is 0 Å². The lowest BCUT2D eigenvalue weighted by Gasteiger charge is -2.28. The molecular weight excluding hydrogens is 238 g/mol. The van der Waals surface area contributed by atoms with Crippen LogP contribution >= 0.6 is 0 Å². The van der Waals surface area contributed by atoms with E-state index in [0.717, 1.165) is 17.8 Å². The van der Waals surface area contributed by atoms with Gasteiger partial charge in [0.05, 0.1) is 6.42 Å². The Kier molecular flexibility index (Phi) is 5.36. The SMILES string of the molecule is CN(C)CC(C)(C)CNC(=O)Cc1ccc(N)cc1. The number of nitrogens with one attached hydrogen (secondary N) is 1. The summed E-state index contributed by atoms with van der Waals surface area (Å²) >= 11 is 0. The Balaban J connectivity index is 2.41. The van der Waals surface area contributed by atoms with Crippen LogP contribution < -0.4 is 11.1 Å². The number of nitrogens with two attached hydrogens (primary N) is 1. The standard InChI is InChI=1S/C15H25N3O/c1-15(2,11-18(3)4)10-17-14(19)9-12-5-7-13(16)8-6-12/h5-8H,9-11,16H2,1-4H3,(H,17,19). The summed E-state index contributed by atoms with van der Waals surface area (Å²) in [6.07, 6.45) is 0.401. The van der Waals surface area contributed by atoms with E-state index in [1.54, 1.807) is 0 Å². The molecule has 0 fully saturated rings. The topological polar surface area (TPSA) is 58.4 Å². The van der Waals surface area contributed by atoms with E-state index in [2.05, 4.69) is 24.1 Å². The Hall–Kier alpha value is -1.55. The highest BCUT2D eigenvalue weighted by Crippen LogP contribution is 2.14. The summed E-state index contributed by atoms with van der Waals surface area (Å²) < 4.78 is 0. The van der Waals surface area contributed by atoms with Crippen molar-refractivity contribution in [3.05, 3.63) is 29.8 Å². The molecule has 106 valence electrons. The summed E-state index contributed by atoms with van der Waals surface area (Å²) in [5.41, 5.74) is 7.39. The van der Waals surface area contributed by atoms with E-state index in [-0.39, 0.29) is 11.3 Å². The van der Waals surface area contributed by atoms with Gasteiger partial charge in [0.15, 0.2) is 0 Å². The quantitative estimate of drug-likeness (QED) is 0.765. The van der Waals surface area contributed by atoms with E-state index in [0.29, 0.717) is 13.0 Å². The highest BCUT2D eigenvalue weighted by Gasteiger charge is 2.19. The summed E-state index contributed by atoms with van der Waals surface area (Å²) in [6.45, 7) is 5.92. The highest BCUT2D eigenvalue weighted by atomic mass is 16.1. The van der Waals surface area contributed by atoms with Crippen molar-refractivity contribution in [2.24, 2.45) is 5.41 Å². The van der Waals surface area contributed by atoms with Crippen LogP contribution in [-0.4, -0.2) is 38.0 Å². The molecule has 0 spiro atoms. The molecule has 0 aliphatic heterocycles. The fourth-order valence-corrected chi connectivity index (χ4v) is 2.13. The third-order valence-electron chi connectivity index (χ3n) is 2.85. The predicted octanol–water partition coefficient (Wildman–Crippen LogP) is 1.52. The second-order valence-corrected chi connectivity index (χ2v) is 6.10. The predicted molar refractivity (Wildman–Crippen MR) is 79.9 cm³/mol. The summed E-state index contributed by atoms with van der Waals surface area (Å²) in [4.78, 5) is 14.0. The lowest BCUT2D eigenvalue weighted by Crippen LogP contribution is -2.40. The van der Waals surface area contributed by atoms with E-state index in [9.17, 15) is 4.79 Å². The molecule has 19 heavy (non-hydrogen) atoms. The molecule has 0 aliphatic rings. The number of carbonyl (C=O) groups is 1. The van der Waals surface area contributed by atoms with Crippen LogP contribution in [0.4, 0.5) is 5.69 Å². The maximum absolute atomic E-state index is 11.9. The number of anilines is 1. The number of hydrogen-bond acceptors (Lipinski definition) is 3. The third kappa shape index (κ3) is 6.25. The van der Waals surface area contributed by atoms with Gasteiger partial charge < -0.3 is 16.0 Å². The molecule has 4 heteroatoms. The zero-order valence-corrected chi connectivity index (χ0v) is 12.4. The van der Waals surface area contributed by atoms with E-state index in [1.807, 2.05) is 38.4 Å². The molecule has 0 saturated carbocycles. The van der Waals surface area contributed by atoms with Crippen molar-refractivity contribution in [2.45, 2.75) is 20.3 Å². The van der Waals surface area contributed by atoms with Gasteiger partial charge in [-0.25, -0.2) is 0 Å². The molecule has 0 unspecified atom stereocenters. The lowest BCUT2D eigenvalue weighted by molar-refractivity contribution is -0.120. The number of nitrogens with zero attached hydrogens (tertiary/aromatic N) is 1. The van der Waals surface area contributed by atoms with E-state index < -0.39 is 0 Å². The average Bonchev–Trinajstić information content (AvgIpc) is 2.28. The zero-order chi connectivity index (χ0) is 14.5. The first-order valence-electron chi connectivity index (χ1n) is 6.54. The number of rotatable bonds is 6. The van der Waals surface area contributed by atoms with Crippen molar-refractivity contribution in [1.82, 2.24) is 10.2 Å². The average molecular weight is 263 g/mol. The maximum atomic E-state index is 11.9. The van der Waals surface area contributed by atoms with Gasteiger partial charge in [-0.1, -0.05) is 26.0 Å². The molecule has 1 aromatic rings. The minimum Gasteiger partial charge on any atom is -0.399 e. The summed E-state index contributed by atoms with van der Waals surface area (Å²) in [7, 11) is 4.08. The van der Waals surface area contributed by atoms with Crippen LogP contribution in [0.1, 0.15) is 19.4 Å². The number of nitrogen functional groups attached to an aromatic ring is 1. The molecular formula is C15H25N3O. The van der Waals surface area contributed by atoms with Gasteiger partial charge in [0, 0.05) is 18.8 Å².